The van der Waals surface area contributed by atoms with Crippen LogP contribution in [0.15, 0.2) is 22.1 Å². The highest BCUT2D eigenvalue weighted by Crippen LogP contribution is 2.57. The molecule has 0 saturated heterocycles. The molecular weight excluding hydrogens is 509 g/mol. The highest BCUT2D eigenvalue weighted by Gasteiger charge is 2.30. The molecule has 0 heterocycles. The van der Waals surface area contributed by atoms with Crippen LogP contribution < -0.4 is 5.09 Å². The summed E-state index contributed by atoms with van der Waals surface area (Å²) in [5.74, 6) is 0. The van der Waals surface area contributed by atoms with Gasteiger partial charge in [0.05, 0.1) is 13.4 Å². The van der Waals surface area contributed by atoms with Crippen molar-refractivity contribution < 1.29 is 4.74 Å². The average molecular weight is 549 g/mol. The molecule has 1 aromatic carbocycles. The Labute approximate surface area is 197 Å². The van der Waals surface area contributed by atoms with Crippen molar-refractivity contribution in [1.29, 1.82) is 0 Å². The third-order valence-corrected chi connectivity index (χ3v) is 9.14. The first-order valence-corrected chi connectivity index (χ1v) is 14.6. The molecule has 0 spiro atoms. The Balaban J connectivity index is 3.73. The first-order valence-electron chi connectivity index (χ1n) is 10.5. The van der Waals surface area contributed by atoms with Crippen molar-refractivity contribution in [2.45, 2.75) is 98.8 Å². The van der Waals surface area contributed by atoms with E-state index in [0.29, 0.717) is 6.61 Å². The van der Waals surface area contributed by atoms with Crippen LogP contribution in [-0.4, -0.2) is 6.61 Å². The minimum Gasteiger partial charge on any atom is -0.487 e. The van der Waals surface area contributed by atoms with Gasteiger partial charge < -0.3 is 9.82 Å². The molecule has 0 aromatic heterocycles. The maximum atomic E-state index is 5.76. The lowest BCUT2D eigenvalue weighted by molar-refractivity contribution is 0.258. The second-order valence-electron chi connectivity index (χ2n) is 10.6. The summed E-state index contributed by atoms with van der Waals surface area (Å²) in [6.45, 7) is 24.8. The fourth-order valence-corrected chi connectivity index (χ4v) is 7.70. The topological polar surface area (TPSA) is 21.3 Å². The van der Waals surface area contributed by atoms with Gasteiger partial charge in [-0.2, -0.15) is 0 Å². The van der Waals surface area contributed by atoms with E-state index in [1.165, 1.54) is 27.7 Å². The predicted molar refractivity (Wildman–Crippen MR) is 140 cm³/mol. The molecule has 0 bridgehead atoms. The Kier molecular flexibility index (Phi) is 9.35. The Bertz CT molecular complexity index is 702. The number of ether oxygens (including phenoxy) is 1. The molecular formula is C24H40Br2NOP. The van der Waals surface area contributed by atoms with Crippen LogP contribution in [0.2, 0.25) is 0 Å². The van der Waals surface area contributed by atoms with Crippen molar-refractivity contribution in [2.24, 2.45) is 0 Å². The number of hydrogen-bond donors (Lipinski definition) is 1. The summed E-state index contributed by atoms with van der Waals surface area (Å²) in [7, 11) is 0. The molecule has 166 valence electrons. The Morgan fingerprint density at radius 3 is 1.66 bits per heavy atom. The van der Waals surface area contributed by atoms with E-state index in [-0.39, 0.29) is 16.2 Å². The van der Waals surface area contributed by atoms with Gasteiger partial charge in [0.1, 0.15) is 0 Å². The summed E-state index contributed by atoms with van der Waals surface area (Å²) in [5.41, 5.74) is 5.53. The normalized spacial score (nSPS) is 15.1. The Morgan fingerprint density at radius 2 is 1.34 bits per heavy atom. The molecule has 2 nitrogen and oxygen atoms in total. The number of hydrogen-bond acceptors (Lipinski definition) is 2. The third kappa shape index (κ3) is 7.25. The summed E-state index contributed by atoms with van der Waals surface area (Å²) in [6.07, 6.45) is 0.917. The van der Waals surface area contributed by atoms with Crippen LogP contribution in [0, 0.1) is 0 Å². The molecule has 1 aromatic rings. The van der Waals surface area contributed by atoms with Gasteiger partial charge in [-0.3, -0.25) is 0 Å². The Hall–Kier alpha value is -0.0500. The molecule has 0 aliphatic rings. The summed E-state index contributed by atoms with van der Waals surface area (Å²) in [4.78, 5) is 0. The standard InChI is InChI=1S/C24H40Br2NOP/c1-12-19(21(25)28-13-2)29(26)27-20-17(23(6,7)8)14-16(22(3,4)5)15-18(20)24(9,10)11/h14-15,27H,12-13H2,1-11H3/b21-19+. The fourth-order valence-electron chi connectivity index (χ4n) is 3.11. The van der Waals surface area contributed by atoms with Crippen LogP contribution in [0.25, 0.3) is 0 Å². The predicted octanol–water partition coefficient (Wildman–Crippen LogP) is 9.71. The van der Waals surface area contributed by atoms with Crippen LogP contribution in [-0.2, 0) is 21.0 Å². The van der Waals surface area contributed by atoms with Crippen LogP contribution in [0.1, 0.15) is 99.3 Å². The molecule has 5 heteroatoms. The zero-order chi connectivity index (χ0) is 22.8. The third-order valence-electron chi connectivity index (χ3n) is 4.90. The number of halogens is 2. The first-order chi connectivity index (χ1) is 13.0. The van der Waals surface area contributed by atoms with Gasteiger partial charge in [0, 0.05) is 11.0 Å². The summed E-state index contributed by atoms with van der Waals surface area (Å²) < 4.78 is 6.60. The van der Waals surface area contributed by atoms with E-state index in [0.717, 1.165) is 11.1 Å². The van der Waals surface area contributed by atoms with Crippen LogP contribution in [0.3, 0.4) is 0 Å². The minimum atomic E-state index is -0.766. The molecule has 0 saturated carbocycles. The molecule has 0 amide bonds. The monoisotopic (exact) mass is 547 g/mol. The average Bonchev–Trinajstić information content (AvgIpc) is 2.52. The molecule has 0 aliphatic heterocycles. The summed E-state index contributed by atoms with van der Waals surface area (Å²) in [6, 6.07) is 4.81. The van der Waals surface area contributed by atoms with Gasteiger partial charge in [-0.1, -0.05) is 81.4 Å². The maximum Gasteiger partial charge on any atom is 0.168 e. The smallest absolute Gasteiger partial charge is 0.168 e. The second kappa shape index (κ2) is 10.0. The zero-order valence-electron chi connectivity index (χ0n) is 20.2. The highest BCUT2D eigenvalue weighted by atomic mass is 79.9. The van der Waals surface area contributed by atoms with E-state index < -0.39 is 6.77 Å². The second-order valence-corrected chi connectivity index (χ2v) is 14.8. The largest absolute Gasteiger partial charge is 0.487 e. The van der Waals surface area contributed by atoms with Gasteiger partial charge in [0.15, 0.2) is 4.67 Å². The van der Waals surface area contributed by atoms with E-state index in [1.54, 1.807) is 0 Å². The lowest BCUT2D eigenvalue weighted by Crippen LogP contribution is -2.23. The van der Waals surface area contributed by atoms with E-state index in [2.05, 4.69) is 118 Å². The molecule has 1 unspecified atom stereocenters. The van der Waals surface area contributed by atoms with Crippen LogP contribution in [0.5, 0.6) is 0 Å². The van der Waals surface area contributed by atoms with Gasteiger partial charge in [0.25, 0.3) is 0 Å². The quantitative estimate of drug-likeness (QED) is 0.282. The molecule has 1 atom stereocenters. The highest BCUT2D eigenvalue weighted by molar-refractivity contribution is 9.40. The SMILES string of the molecule is CCO/C(Br)=C(\CC)P(Br)Nc1c(C(C)(C)C)cc(C(C)(C)C)cc1C(C)(C)C. The van der Waals surface area contributed by atoms with Crippen LogP contribution in [0.4, 0.5) is 5.69 Å². The number of benzene rings is 1. The Morgan fingerprint density at radius 1 is 0.897 bits per heavy atom. The first kappa shape index (κ1) is 27.0. The summed E-state index contributed by atoms with van der Waals surface area (Å²) in [5, 5.41) is 5.11. The van der Waals surface area contributed by atoms with Crippen molar-refractivity contribution in [3.05, 3.63) is 38.8 Å². The van der Waals surface area contributed by atoms with Crippen molar-refractivity contribution >= 4 is 43.9 Å². The maximum absolute atomic E-state index is 5.76. The van der Waals surface area contributed by atoms with E-state index in [4.69, 9.17) is 4.74 Å². The van der Waals surface area contributed by atoms with Gasteiger partial charge in [0.2, 0.25) is 0 Å². The number of anilines is 1. The number of nitrogens with one attached hydrogen (secondary N) is 1. The number of rotatable bonds is 6. The van der Waals surface area contributed by atoms with Crippen molar-refractivity contribution in [1.82, 2.24) is 0 Å². The zero-order valence-corrected chi connectivity index (χ0v) is 24.2. The molecule has 0 aliphatic carbocycles. The summed E-state index contributed by atoms with van der Waals surface area (Å²) >= 11 is 7.59. The molecule has 29 heavy (non-hydrogen) atoms. The van der Waals surface area contributed by atoms with E-state index in [9.17, 15) is 0 Å². The molecule has 0 fully saturated rings. The molecule has 1 N–H and O–H groups in total. The minimum absolute atomic E-state index is 0.0278. The van der Waals surface area contributed by atoms with E-state index in [1.807, 2.05) is 6.92 Å². The molecule has 1 rings (SSSR count). The van der Waals surface area contributed by atoms with Gasteiger partial charge in [-0.05, 0) is 77.7 Å². The lowest BCUT2D eigenvalue weighted by atomic mass is 9.74. The fraction of sp³-hybridized carbons (Fsp3) is 0.667. The molecule has 0 radical (unpaired) electrons. The van der Waals surface area contributed by atoms with E-state index >= 15 is 0 Å². The van der Waals surface area contributed by atoms with Gasteiger partial charge in [-0.15, -0.1) is 0 Å². The van der Waals surface area contributed by atoms with Crippen LogP contribution >= 0.6 is 38.2 Å². The van der Waals surface area contributed by atoms with Crippen molar-refractivity contribution in [2.75, 3.05) is 11.7 Å². The van der Waals surface area contributed by atoms with Gasteiger partial charge >= 0.3 is 0 Å². The number of allylic oxidation sites excluding steroid dienone is 1. The lowest BCUT2D eigenvalue weighted by Gasteiger charge is -2.35. The van der Waals surface area contributed by atoms with Gasteiger partial charge in [-0.25, -0.2) is 0 Å². The van der Waals surface area contributed by atoms with Crippen molar-refractivity contribution in [3.8, 4) is 0 Å². The van der Waals surface area contributed by atoms with Crippen molar-refractivity contribution in [3.63, 3.8) is 0 Å².